The molecule has 0 radical (unpaired) electrons. The van der Waals surface area contributed by atoms with Gasteiger partial charge in [-0.25, -0.2) is 4.79 Å². The lowest BCUT2D eigenvalue weighted by atomic mass is 10.3. The largest absolute Gasteiger partial charge is 0.463 e. The highest BCUT2D eigenvalue weighted by Gasteiger charge is 2.31. The zero-order valence-electron chi connectivity index (χ0n) is 14.9. The maximum Gasteiger partial charge on any atom is 0.347 e. The number of esters is 1. The van der Waals surface area contributed by atoms with Crippen molar-refractivity contribution in [2.24, 2.45) is 10.2 Å². The van der Waals surface area contributed by atoms with E-state index in [0.29, 0.717) is 0 Å². The first kappa shape index (κ1) is 21.0. The number of imidazole rings is 1. The monoisotopic (exact) mass is 415 g/mol. The first-order valence-corrected chi connectivity index (χ1v) is 9.65. The fraction of sp³-hybridized carbons (Fsp3) is 0.400. The molecule has 0 aromatic carbocycles. The van der Waals surface area contributed by atoms with E-state index < -0.39 is 12.0 Å². The van der Waals surface area contributed by atoms with Gasteiger partial charge in [0.05, 0.1) is 6.61 Å². The fourth-order valence-corrected chi connectivity index (χ4v) is 3.57. The van der Waals surface area contributed by atoms with E-state index in [2.05, 4.69) is 35.1 Å². The highest BCUT2D eigenvalue weighted by atomic mass is 32.2. The van der Waals surface area contributed by atoms with Gasteiger partial charge in [0.2, 0.25) is 0 Å². The lowest BCUT2D eigenvalue weighted by Gasteiger charge is -2.05. The summed E-state index contributed by atoms with van der Waals surface area (Å²) in [5.74, 6) is -0.213. The Bertz CT molecular complexity index is 1010. The second-order valence-corrected chi connectivity index (χ2v) is 7.23. The van der Waals surface area contributed by atoms with Gasteiger partial charge in [-0.3, -0.25) is 4.57 Å². The second kappa shape index (κ2) is 10.1. The standard InChI is InChI=1S/C15H13N9O2S2/c1-5-26-10(25)8-24-12(19-11(17-3)13(24)18-4)9(7-16)20-21-14-22-23-15(28-14)27-6-2/h9H,5-6,8H2,1-2H3. The van der Waals surface area contributed by atoms with Crippen molar-refractivity contribution < 1.29 is 9.53 Å². The molecule has 11 nitrogen and oxygen atoms in total. The average molecular weight is 415 g/mol. The quantitative estimate of drug-likeness (QED) is 0.277. The van der Waals surface area contributed by atoms with Crippen LogP contribution >= 0.6 is 23.1 Å². The summed E-state index contributed by atoms with van der Waals surface area (Å²) in [4.78, 5) is 22.3. The number of carbonyl (C=O) groups is 1. The normalized spacial score (nSPS) is 11.5. The molecule has 1 atom stereocenters. The molecule has 0 saturated heterocycles. The lowest BCUT2D eigenvalue weighted by molar-refractivity contribution is -0.143. The number of nitrogens with zero attached hydrogens (tertiary/aromatic N) is 9. The van der Waals surface area contributed by atoms with Crippen molar-refractivity contribution in [3.8, 4) is 6.07 Å². The fourth-order valence-electron chi connectivity index (χ4n) is 2.00. The summed E-state index contributed by atoms with van der Waals surface area (Å²) in [6, 6.07) is 0.665. The molecular formula is C15H13N9O2S2. The molecule has 0 spiro atoms. The summed E-state index contributed by atoms with van der Waals surface area (Å²) in [6.45, 7) is 17.9. The van der Waals surface area contributed by atoms with Crippen molar-refractivity contribution in [2.45, 2.75) is 30.8 Å². The SMILES string of the molecule is [C-]#[N+]c1nc(C(C#N)N=Nc2nnc(SCC)s2)n(CC(=O)OCC)c1[N+]#[C-]. The van der Waals surface area contributed by atoms with Crippen molar-refractivity contribution in [1.82, 2.24) is 19.7 Å². The molecule has 2 aromatic rings. The molecule has 1 unspecified atom stereocenters. The van der Waals surface area contributed by atoms with Crippen LogP contribution in [-0.4, -0.2) is 38.1 Å². The topological polar surface area (TPSA) is 127 Å². The molecule has 2 rings (SSSR count). The number of azo groups is 1. The summed E-state index contributed by atoms with van der Waals surface area (Å²) in [5.41, 5.74) is 0. The van der Waals surface area contributed by atoms with Gasteiger partial charge in [0.1, 0.15) is 6.07 Å². The number of ether oxygens (including phenoxy) is 1. The molecule has 2 heterocycles. The summed E-state index contributed by atoms with van der Waals surface area (Å²) < 4.78 is 6.77. The Morgan fingerprint density at radius 2 is 2.21 bits per heavy atom. The van der Waals surface area contributed by atoms with Crippen LogP contribution in [0.4, 0.5) is 16.8 Å². The molecule has 0 N–H and O–H groups in total. The molecule has 0 fully saturated rings. The Morgan fingerprint density at radius 1 is 1.43 bits per heavy atom. The minimum atomic E-state index is -1.24. The van der Waals surface area contributed by atoms with Crippen LogP contribution in [0.3, 0.4) is 0 Å². The molecule has 0 aliphatic carbocycles. The van der Waals surface area contributed by atoms with Gasteiger partial charge >= 0.3 is 11.8 Å². The number of hydrogen-bond acceptors (Lipinski definition) is 10. The van der Waals surface area contributed by atoms with Crippen molar-refractivity contribution in [1.29, 1.82) is 5.26 Å². The minimum Gasteiger partial charge on any atom is -0.463 e. The third-order valence-corrected chi connectivity index (χ3v) is 4.87. The van der Waals surface area contributed by atoms with Crippen LogP contribution < -0.4 is 0 Å². The number of carbonyl (C=O) groups excluding carboxylic acids is 1. The lowest BCUT2D eigenvalue weighted by Crippen LogP contribution is -2.16. The first-order valence-electron chi connectivity index (χ1n) is 7.85. The first-order chi connectivity index (χ1) is 13.6. The van der Waals surface area contributed by atoms with Gasteiger partial charge in [0.25, 0.3) is 22.8 Å². The molecule has 0 saturated carbocycles. The van der Waals surface area contributed by atoms with Crippen molar-refractivity contribution in [2.75, 3.05) is 12.4 Å². The smallest absolute Gasteiger partial charge is 0.347 e. The predicted molar refractivity (Wildman–Crippen MR) is 101 cm³/mol. The number of hydrogen-bond donors (Lipinski definition) is 0. The molecule has 2 aromatic heterocycles. The van der Waals surface area contributed by atoms with Crippen LogP contribution in [0.25, 0.3) is 9.69 Å². The summed E-state index contributed by atoms with van der Waals surface area (Å²) in [6.07, 6.45) is 0. The minimum absolute atomic E-state index is 0.0380. The van der Waals surface area contributed by atoms with Crippen LogP contribution in [0.5, 0.6) is 0 Å². The number of rotatable bonds is 8. The van der Waals surface area contributed by atoms with E-state index in [1.807, 2.05) is 13.0 Å². The zero-order chi connectivity index (χ0) is 20.5. The van der Waals surface area contributed by atoms with Gasteiger partial charge in [-0.05, 0) is 12.7 Å². The van der Waals surface area contributed by atoms with Gasteiger partial charge in [-0.1, -0.05) is 48.2 Å². The Kier molecular flexibility index (Phi) is 7.57. The van der Waals surface area contributed by atoms with E-state index in [9.17, 15) is 10.1 Å². The average Bonchev–Trinajstić information content (AvgIpc) is 3.27. The van der Waals surface area contributed by atoms with E-state index >= 15 is 0 Å². The number of nitriles is 1. The maximum atomic E-state index is 11.9. The van der Waals surface area contributed by atoms with Gasteiger partial charge in [0, 0.05) is 0 Å². The van der Waals surface area contributed by atoms with Gasteiger partial charge in [-0.2, -0.15) is 10.4 Å². The Hall–Kier alpha value is -3.34. The highest BCUT2D eigenvalue weighted by molar-refractivity contribution is 8.01. The Balaban J connectivity index is 2.39. The van der Waals surface area contributed by atoms with Gasteiger partial charge < -0.3 is 14.4 Å². The van der Waals surface area contributed by atoms with Crippen LogP contribution in [-0.2, 0) is 16.1 Å². The van der Waals surface area contributed by atoms with Crippen molar-refractivity contribution >= 4 is 45.8 Å². The molecule has 0 amide bonds. The molecular weight excluding hydrogens is 402 g/mol. The third-order valence-electron chi connectivity index (χ3n) is 3.05. The third kappa shape index (κ3) is 4.88. The molecule has 13 heteroatoms. The van der Waals surface area contributed by atoms with Crippen LogP contribution in [0, 0.1) is 24.5 Å². The van der Waals surface area contributed by atoms with E-state index in [1.165, 1.54) is 23.1 Å². The molecule has 0 aliphatic heterocycles. The van der Waals surface area contributed by atoms with Gasteiger partial charge in [0.15, 0.2) is 10.9 Å². The van der Waals surface area contributed by atoms with E-state index in [1.54, 1.807) is 6.92 Å². The molecule has 142 valence electrons. The Labute approximate surface area is 168 Å². The summed E-state index contributed by atoms with van der Waals surface area (Å²) in [5, 5.41) is 25.4. The summed E-state index contributed by atoms with van der Waals surface area (Å²) >= 11 is 2.72. The number of thioether (sulfide) groups is 1. The van der Waals surface area contributed by atoms with E-state index in [0.717, 1.165) is 14.7 Å². The number of aromatic nitrogens is 4. The van der Waals surface area contributed by atoms with Crippen LogP contribution in [0.1, 0.15) is 25.7 Å². The molecule has 28 heavy (non-hydrogen) atoms. The van der Waals surface area contributed by atoms with Gasteiger partial charge in [-0.15, -0.1) is 15.3 Å². The molecule has 0 bridgehead atoms. The highest BCUT2D eigenvalue weighted by Crippen LogP contribution is 2.34. The summed E-state index contributed by atoms with van der Waals surface area (Å²) in [7, 11) is 0. The second-order valence-electron chi connectivity index (χ2n) is 4.76. The van der Waals surface area contributed by atoms with Crippen molar-refractivity contribution in [3.05, 3.63) is 28.7 Å². The van der Waals surface area contributed by atoms with E-state index in [-0.39, 0.29) is 35.7 Å². The van der Waals surface area contributed by atoms with E-state index in [4.69, 9.17) is 17.9 Å². The zero-order valence-corrected chi connectivity index (χ0v) is 16.5. The Morgan fingerprint density at radius 3 is 2.82 bits per heavy atom. The molecule has 0 aliphatic rings. The van der Waals surface area contributed by atoms with Crippen LogP contribution in [0.15, 0.2) is 14.6 Å². The predicted octanol–water partition coefficient (Wildman–Crippen LogP) is 3.86. The maximum absolute atomic E-state index is 11.9. The van der Waals surface area contributed by atoms with Crippen LogP contribution in [0.2, 0.25) is 0 Å². The van der Waals surface area contributed by atoms with Crippen molar-refractivity contribution in [3.63, 3.8) is 0 Å².